The molecule has 43 heavy (non-hydrogen) atoms. The molecule has 5 aromatic rings. The molecule has 0 radical (unpaired) electrons. The van der Waals surface area contributed by atoms with E-state index in [1.165, 1.54) is 3.97 Å². The largest absolute Gasteiger partial charge is 0.369 e. The summed E-state index contributed by atoms with van der Waals surface area (Å²) in [6, 6.07) is 19.4. The number of nitrogens with zero attached hydrogens (tertiary/aromatic N) is 4. The van der Waals surface area contributed by atoms with Gasteiger partial charge in [0.05, 0.1) is 33.1 Å². The van der Waals surface area contributed by atoms with Gasteiger partial charge in [0.2, 0.25) is 0 Å². The molecular formula is C33H38N4O4SSi. The maximum absolute atomic E-state index is 13.8. The maximum atomic E-state index is 13.8. The molecule has 3 aromatic carbocycles. The molecule has 2 heterocycles. The standard InChI is InChI=1S/C33H38N4O4SSi/c1-22-8-11-26(12-9-22)42(38,39)37-15-14-27-30(23(2)18-24(3)31(27)37)32(40-4)33-35-28-13-10-25(20-34)19-29(28)36(33)21-41-16-17-43(5,6)7/h8-15,18-19,32H,16-17,21H2,1-7H3. The molecule has 0 aliphatic rings. The predicted octanol–water partition coefficient (Wildman–Crippen LogP) is 7.07. The van der Waals surface area contributed by atoms with Gasteiger partial charge in [-0.05, 0) is 74.3 Å². The Hall–Kier alpha value is -3.75. The number of rotatable bonds is 10. The summed E-state index contributed by atoms with van der Waals surface area (Å²) in [5, 5.41) is 10.4. The molecule has 0 spiro atoms. The summed E-state index contributed by atoms with van der Waals surface area (Å²) in [5.74, 6) is 0.628. The van der Waals surface area contributed by atoms with E-state index in [4.69, 9.17) is 14.5 Å². The van der Waals surface area contributed by atoms with Crippen molar-refractivity contribution in [1.82, 2.24) is 13.5 Å². The van der Waals surface area contributed by atoms with Gasteiger partial charge in [-0.15, -0.1) is 0 Å². The molecule has 0 bridgehead atoms. The van der Waals surface area contributed by atoms with E-state index in [1.54, 1.807) is 43.6 Å². The Labute approximate surface area is 254 Å². The van der Waals surface area contributed by atoms with Gasteiger partial charge < -0.3 is 14.0 Å². The second kappa shape index (κ2) is 11.7. The van der Waals surface area contributed by atoms with Crippen LogP contribution in [0.3, 0.4) is 0 Å². The average Bonchev–Trinajstić information content (AvgIpc) is 3.55. The van der Waals surface area contributed by atoms with Crippen LogP contribution in [0.5, 0.6) is 0 Å². The molecule has 0 amide bonds. The van der Waals surface area contributed by atoms with Crippen LogP contribution < -0.4 is 0 Å². The van der Waals surface area contributed by atoms with Gasteiger partial charge in [-0.2, -0.15) is 5.26 Å². The zero-order valence-corrected chi connectivity index (χ0v) is 27.6. The van der Waals surface area contributed by atoms with E-state index in [-0.39, 0.29) is 11.6 Å². The van der Waals surface area contributed by atoms with E-state index in [1.807, 2.05) is 49.6 Å². The van der Waals surface area contributed by atoms with Crippen LogP contribution in [0.1, 0.15) is 39.7 Å². The first kappa shape index (κ1) is 30.7. The summed E-state index contributed by atoms with van der Waals surface area (Å²) in [4.78, 5) is 5.20. The first-order chi connectivity index (χ1) is 20.4. The highest BCUT2D eigenvalue weighted by Crippen LogP contribution is 2.38. The molecule has 1 atom stereocenters. The van der Waals surface area contributed by atoms with E-state index < -0.39 is 24.2 Å². The van der Waals surface area contributed by atoms with Gasteiger partial charge >= 0.3 is 0 Å². The average molecular weight is 615 g/mol. The number of benzene rings is 3. The van der Waals surface area contributed by atoms with Crippen LogP contribution >= 0.6 is 0 Å². The summed E-state index contributed by atoms with van der Waals surface area (Å²) in [6.45, 7) is 13.7. The first-order valence-corrected chi connectivity index (χ1v) is 19.4. The van der Waals surface area contributed by atoms with Gasteiger partial charge in [0.1, 0.15) is 18.7 Å². The zero-order chi connectivity index (χ0) is 31.1. The van der Waals surface area contributed by atoms with Gasteiger partial charge in [0, 0.05) is 38.9 Å². The lowest BCUT2D eigenvalue weighted by Gasteiger charge is -2.22. The highest BCUT2D eigenvalue weighted by molar-refractivity contribution is 7.90. The number of imidazole rings is 1. The Morgan fingerprint density at radius 2 is 1.72 bits per heavy atom. The second-order valence-corrected chi connectivity index (χ2v) is 19.7. The molecule has 0 saturated heterocycles. The number of hydrogen-bond donors (Lipinski definition) is 0. The predicted molar refractivity (Wildman–Crippen MR) is 173 cm³/mol. The van der Waals surface area contributed by atoms with Crippen LogP contribution in [-0.4, -0.2) is 43.7 Å². The van der Waals surface area contributed by atoms with Crippen molar-refractivity contribution in [2.24, 2.45) is 0 Å². The number of fused-ring (bicyclic) bond motifs is 2. The summed E-state index contributed by atoms with van der Waals surface area (Å²) in [6.07, 6.45) is 0.990. The van der Waals surface area contributed by atoms with Gasteiger partial charge in [0.25, 0.3) is 10.0 Å². The zero-order valence-electron chi connectivity index (χ0n) is 25.8. The summed E-state index contributed by atoms with van der Waals surface area (Å²) < 4.78 is 43.3. The first-order valence-electron chi connectivity index (χ1n) is 14.3. The van der Waals surface area contributed by atoms with Crippen LogP contribution in [0.15, 0.2) is 65.7 Å². The highest BCUT2D eigenvalue weighted by atomic mass is 32.2. The number of ether oxygens (including phenoxy) is 2. The summed E-state index contributed by atoms with van der Waals surface area (Å²) >= 11 is 0. The third-order valence-electron chi connectivity index (χ3n) is 7.81. The normalized spacial score (nSPS) is 13.1. The Kier molecular flexibility index (Phi) is 8.38. The SMILES string of the molecule is COC(c1c(C)cc(C)c2c1ccn2S(=O)(=O)c1ccc(C)cc1)c1nc2ccc(C#N)cc2n1COCC[Si](C)(C)C. The minimum atomic E-state index is -3.84. The number of aromatic nitrogens is 3. The fourth-order valence-corrected chi connectivity index (χ4v) is 7.67. The molecule has 10 heteroatoms. The lowest BCUT2D eigenvalue weighted by Crippen LogP contribution is -2.22. The number of hydrogen-bond acceptors (Lipinski definition) is 6. The maximum Gasteiger partial charge on any atom is 0.268 e. The Bertz CT molecular complexity index is 1960. The number of aryl methyl sites for hydroxylation is 3. The van der Waals surface area contributed by atoms with Gasteiger partial charge in [0.15, 0.2) is 0 Å². The Morgan fingerprint density at radius 3 is 2.37 bits per heavy atom. The molecule has 0 fully saturated rings. The van der Waals surface area contributed by atoms with E-state index in [9.17, 15) is 13.7 Å². The quantitative estimate of drug-likeness (QED) is 0.123. The number of methoxy groups -OCH3 is 1. The van der Waals surface area contributed by atoms with Crippen molar-refractivity contribution in [2.45, 2.75) is 64.2 Å². The van der Waals surface area contributed by atoms with Crippen LogP contribution in [-0.2, 0) is 26.2 Å². The molecular weight excluding hydrogens is 577 g/mol. The smallest absolute Gasteiger partial charge is 0.268 e. The summed E-state index contributed by atoms with van der Waals surface area (Å²) in [5.41, 5.74) is 6.26. The Morgan fingerprint density at radius 1 is 1.00 bits per heavy atom. The van der Waals surface area contributed by atoms with E-state index >= 15 is 0 Å². The van der Waals surface area contributed by atoms with Crippen LogP contribution in [0.25, 0.3) is 21.9 Å². The molecule has 1 unspecified atom stereocenters. The topological polar surface area (TPSA) is 99.1 Å². The highest BCUT2D eigenvalue weighted by Gasteiger charge is 2.29. The van der Waals surface area contributed by atoms with E-state index in [2.05, 4.69) is 25.7 Å². The lowest BCUT2D eigenvalue weighted by molar-refractivity contribution is 0.0740. The fraction of sp³-hybridized carbons (Fsp3) is 0.333. The van der Waals surface area contributed by atoms with E-state index in [0.717, 1.165) is 44.7 Å². The third-order valence-corrected chi connectivity index (χ3v) is 11.2. The summed E-state index contributed by atoms with van der Waals surface area (Å²) in [7, 11) is -3.51. The van der Waals surface area contributed by atoms with Crippen molar-refractivity contribution in [3.8, 4) is 6.07 Å². The molecule has 224 valence electrons. The number of nitriles is 1. The molecule has 0 N–H and O–H groups in total. The van der Waals surface area contributed by atoms with Gasteiger partial charge in [-0.3, -0.25) is 0 Å². The van der Waals surface area contributed by atoms with Gasteiger partial charge in [-0.1, -0.05) is 43.4 Å². The van der Waals surface area contributed by atoms with Crippen molar-refractivity contribution in [2.75, 3.05) is 13.7 Å². The van der Waals surface area contributed by atoms with Crippen LogP contribution in [0.2, 0.25) is 25.7 Å². The van der Waals surface area contributed by atoms with Crippen LogP contribution in [0, 0.1) is 32.1 Å². The van der Waals surface area contributed by atoms with Gasteiger partial charge in [-0.25, -0.2) is 17.4 Å². The van der Waals surface area contributed by atoms with Crippen molar-refractivity contribution in [3.63, 3.8) is 0 Å². The van der Waals surface area contributed by atoms with Crippen molar-refractivity contribution in [1.29, 1.82) is 5.26 Å². The van der Waals surface area contributed by atoms with E-state index in [0.29, 0.717) is 23.5 Å². The molecule has 0 aliphatic carbocycles. The lowest BCUT2D eigenvalue weighted by atomic mass is 9.96. The fourth-order valence-electron chi connectivity index (χ4n) is 5.51. The monoisotopic (exact) mass is 614 g/mol. The molecule has 0 saturated carbocycles. The molecule has 5 rings (SSSR count). The molecule has 2 aromatic heterocycles. The van der Waals surface area contributed by atoms with Crippen molar-refractivity contribution in [3.05, 3.63) is 94.4 Å². The minimum absolute atomic E-state index is 0.228. The van der Waals surface area contributed by atoms with Crippen LogP contribution in [0.4, 0.5) is 0 Å². The molecule has 0 aliphatic heterocycles. The Balaban J connectivity index is 1.67. The molecule has 8 nitrogen and oxygen atoms in total. The third kappa shape index (κ3) is 5.91. The second-order valence-electron chi connectivity index (χ2n) is 12.3. The van der Waals surface area contributed by atoms with Crippen molar-refractivity contribution < 1.29 is 17.9 Å². The minimum Gasteiger partial charge on any atom is -0.369 e. The van der Waals surface area contributed by atoms with Crippen molar-refractivity contribution >= 4 is 40.0 Å².